The number of para-hydroxylation sites is 1. The molecule has 3 rings (SSSR count). The summed E-state index contributed by atoms with van der Waals surface area (Å²) in [4.78, 5) is 11.9. The summed E-state index contributed by atoms with van der Waals surface area (Å²) in [5, 5.41) is 10.1. The fraction of sp³-hybridized carbons (Fsp3) is 0.0625. The van der Waals surface area contributed by atoms with E-state index < -0.39 is 29.0 Å². The number of nitrogens with one attached hydrogen (secondary N) is 1. The average Bonchev–Trinajstić information content (AvgIpc) is 2.98. The van der Waals surface area contributed by atoms with Crippen LogP contribution in [-0.4, -0.2) is 26.5 Å². The summed E-state index contributed by atoms with van der Waals surface area (Å²) >= 11 is 0.938. The summed E-state index contributed by atoms with van der Waals surface area (Å²) in [5.74, 6) is 3.21. The molecule has 0 spiro atoms. The molecule has 1 amide bonds. The standard InChI is InChI=1S/C16H12F3N5OS/c17-10-6-4-9(5-7-10)15-22-23-16(24(15)20)26-8-13(25)21-14-11(18)2-1-3-12(14)19/h1-7H,8,20H2,(H,21,25). The van der Waals surface area contributed by atoms with Crippen molar-refractivity contribution in [2.45, 2.75) is 5.16 Å². The molecule has 6 nitrogen and oxygen atoms in total. The molecule has 0 bridgehead atoms. The van der Waals surface area contributed by atoms with Gasteiger partial charge in [0.05, 0.1) is 5.75 Å². The van der Waals surface area contributed by atoms with Crippen molar-refractivity contribution < 1.29 is 18.0 Å². The van der Waals surface area contributed by atoms with Crippen LogP contribution in [0.5, 0.6) is 0 Å². The van der Waals surface area contributed by atoms with E-state index >= 15 is 0 Å². The molecule has 0 aliphatic carbocycles. The lowest BCUT2D eigenvalue weighted by atomic mass is 10.2. The van der Waals surface area contributed by atoms with Gasteiger partial charge in [0, 0.05) is 5.56 Å². The third kappa shape index (κ3) is 3.80. The van der Waals surface area contributed by atoms with Crippen molar-refractivity contribution in [1.29, 1.82) is 0 Å². The fourth-order valence-corrected chi connectivity index (χ4v) is 2.75. The van der Waals surface area contributed by atoms with Crippen LogP contribution >= 0.6 is 11.8 Å². The minimum atomic E-state index is -0.871. The van der Waals surface area contributed by atoms with Crippen LogP contribution in [0.15, 0.2) is 47.6 Å². The van der Waals surface area contributed by atoms with Crippen molar-refractivity contribution in [3.8, 4) is 11.4 Å². The Balaban J connectivity index is 1.67. The molecule has 1 heterocycles. The summed E-state index contributed by atoms with van der Waals surface area (Å²) in [6.07, 6.45) is 0. The van der Waals surface area contributed by atoms with Crippen LogP contribution < -0.4 is 11.2 Å². The minimum absolute atomic E-state index is 0.188. The monoisotopic (exact) mass is 379 g/mol. The lowest BCUT2D eigenvalue weighted by Crippen LogP contribution is -2.17. The van der Waals surface area contributed by atoms with Gasteiger partial charge in [0.1, 0.15) is 23.1 Å². The van der Waals surface area contributed by atoms with Crippen LogP contribution in [-0.2, 0) is 4.79 Å². The number of hydrogen-bond acceptors (Lipinski definition) is 5. The molecule has 3 N–H and O–H groups in total. The molecule has 0 unspecified atom stereocenters. The van der Waals surface area contributed by atoms with Gasteiger partial charge in [-0.3, -0.25) is 4.79 Å². The highest BCUT2D eigenvalue weighted by atomic mass is 32.2. The van der Waals surface area contributed by atoms with Crippen LogP contribution in [0.3, 0.4) is 0 Å². The van der Waals surface area contributed by atoms with Gasteiger partial charge < -0.3 is 11.2 Å². The van der Waals surface area contributed by atoms with E-state index in [-0.39, 0.29) is 16.7 Å². The first-order chi connectivity index (χ1) is 12.5. The third-order valence-electron chi connectivity index (χ3n) is 3.33. The van der Waals surface area contributed by atoms with Gasteiger partial charge in [0.15, 0.2) is 5.82 Å². The number of rotatable bonds is 5. The van der Waals surface area contributed by atoms with E-state index in [1.165, 1.54) is 30.3 Å². The Morgan fingerprint density at radius 1 is 1.08 bits per heavy atom. The van der Waals surface area contributed by atoms with Gasteiger partial charge in [-0.1, -0.05) is 17.8 Å². The van der Waals surface area contributed by atoms with Gasteiger partial charge in [0.2, 0.25) is 11.1 Å². The molecule has 1 aromatic heterocycles. The van der Waals surface area contributed by atoms with Gasteiger partial charge in [-0.15, -0.1) is 10.2 Å². The molecule has 3 aromatic rings. The van der Waals surface area contributed by atoms with Crippen molar-refractivity contribution in [3.63, 3.8) is 0 Å². The topological polar surface area (TPSA) is 85.8 Å². The quantitative estimate of drug-likeness (QED) is 0.526. The highest BCUT2D eigenvalue weighted by Gasteiger charge is 2.16. The largest absolute Gasteiger partial charge is 0.335 e. The number of anilines is 1. The molecule has 134 valence electrons. The number of halogens is 3. The van der Waals surface area contributed by atoms with Crippen molar-refractivity contribution in [1.82, 2.24) is 14.9 Å². The third-order valence-corrected chi connectivity index (χ3v) is 4.27. The lowest BCUT2D eigenvalue weighted by Gasteiger charge is -2.07. The zero-order chi connectivity index (χ0) is 18.7. The van der Waals surface area contributed by atoms with E-state index in [1.54, 1.807) is 0 Å². The molecular formula is C16H12F3N5OS. The van der Waals surface area contributed by atoms with Gasteiger partial charge in [0.25, 0.3) is 0 Å². The van der Waals surface area contributed by atoms with Crippen LogP contribution in [0.4, 0.5) is 18.9 Å². The summed E-state index contributed by atoms with van der Waals surface area (Å²) in [5.41, 5.74) is 0.0328. The predicted octanol–water partition coefficient (Wildman–Crippen LogP) is 2.81. The van der Waals surface area contributed by atoms with E-state index in [4.69, 9.17) is 5.84 Å². The Morgan fingerprint density at radius 3 is 2.38 bits per heavy atom. The molecule has 0 radical (unpaired) electrons. The first-order valence-corrected chi connectivity index (χ1v) is 8.27. The maximum Gasteiger partial charge on any atom is 0.235 e. The smallest absolute Gasteiger partial charge is 0.235 e. The first-order valence-electron chi connectivity index (χ1n) is 7.29. The van der Waals surface area contributed by atoms with Crippen LogP contribution in [0.25, 0.3) is 11.4 Å². The highest BCUT2D eigenvalue weighted by Crippen LogP contribution is 2.23. The number of nitrogens with zero attached hydrogens (tertiary/aromatic N) is 3. The molecule has 0 fully saturated rings. The second kappa shape index (κ2) is 7.48. The Bertz CT molecular complexity index is 925. The number of thioether (sulfide) groups is 1. The Labute approximate surface area is 150 Å². The lowest BCUT2D eigenvalue weighted by molar-refractivity contribution is -0.113. The second-order valence-electron chi connectivity index (χ2n) is 5.12. The summed E-state index contributed by atoms with van der Waals surface area (Å²) in [6.45, 7) is 0. The predicted molar refractivity (Wildman–Crippen MR) is 91.3 cm³/mol. The number of nitrogens with two attached hydrogens (primary N) is 1. The number of hydrogen-bond donors (Lipinski definition) is 2. The van der Waals surface area contributed by atoms with E-state index in [2.05, 4.69) is 15.5 Å². The summed E-state index contributed by atoms with van der Waals surface area (Å²) < 4.78 is 41.2. The van der Waals surface area contributed by atoms with Gasteiger partial charge in [-0.25, -0.2) is 17.8 Å². The number of carbonyl (C=O) groups is 1. The van der Waals surface area contributed by atoms with Crippen LogP contribution in [0, 0.1) is 17.5 Å². The molecule has 10 heteroatoms. The zero-order valence-corrected chi connectivity index (χ0v) is 13.9. The Hall–Kier alpha value is -3.01. The fourth-order valence-electron chi connectivity index (χ4n) is 2.09. The molecule has 0 saturated heterocycles. The summed E-state index contributed by atoms with van der Waals surface area (Å²) in [6, 6.07) is 8.77. The minimum Gasteiger partial charge on any atom is -0.335 e. The van der Waals surface area contributed by atoms with Gasteiger partial charge in [-0.05, 0) is 36.4 Å². The molecule has 0 aliphatic heterocycles. The van der Waals surface area contributed by atoms with E-state index in [9.17, 15) is 18.0 Å². The van der Waals surface area contributed by atoms with Crippen molar-refractivity contribution in [2.24, 2.45) is 0 Å². The molecule has 0 saturated carbocycles. The van der Waals surface area contributed by atoms with Gasteiger partial charge in [-0.2, -0.15) is 0 Å². The molecule has 2 aromatic carbocycles. The van der Waals surface area contributed by atoms with Crippen LogP contribution in [0.2, 0.25) is 0 Å². The Kier molecular flexibility index (Phi) is 5.12. The van der Waals surface area contributed by atoms with Crippen molar-refractivity contribution in [2.75, 3.05) is 16.9 Å². The van der Waals surface area contributed by atoms with Crippen molar-refractivity contribution >= 4 is 23.4 Å². The first kappa shape index (κ1) is 17.8. The second-order valence-corrected chi connectivity index (χ2v) is 6.06. The SMILES string of the molecule is Nn1c(SCC(=O)Nc2c(F)cccc2F)nnc1-c1ccc(F)cc1. The normalized spacial score (nSPS) is 10.7. The number of benzene rings is 2. The summed E-state index contributed by atoms with van der Waals surface area (Å²) in [7, 11) is 0. The number of carbonyl (C=O) groups excluding carboxylic acids is 1. The highest BCUT2D eigenvalue weighted by molar-refractivity contribution is 7.99. The molecule has 0 atom stereocenters. The van der Waals surface area contributed by atoms with Gasteiger partial charge >= 0.3 is 0 Å². The number of nitrogen functional groups attached to an aromatic ring is 1. The average molecular weight is 379 g/mol. The number of amides is 1. The van der Waals surface area contributed by atoms with E-state index in [1.807, 2.05) is 0 Å². The van der Waals surface area contributed by atoms with Crippen molar-refractivity contribution in [3.05, 3.63) is 59.9 Å². The maximum absolute atomic E-state index is 13.5. The Morgan fingerprint density at radius 2 is 1.73 bits per heavy atom. The zero-order valence-electron chi connectivity index (χ0n) is 13.1. The van der Waals surface area contributed by atoms with Crippen LogP contribution in [0.1, 0.15) is 0 Å². The maximum atomic E-state index is 13.5. The van der Waals surface area contributed by atoms with E-state index in [0.717, 1.165) is 28.6 Å². The van der Waals surface area contributed by atoms with E-state index in [0.29, 0.717) is 5.56 Å². The molecule has 0 aliphatic rings. The number of aromatic nitrogens is 3. The molecular weight excluding hydrogens is 367 g/mol. The molecule has 26 heavy (non-hydrogen) atoms.